The third-order valence-corrected chi connectivity index (χ3v) is 6.23. The van der Waals surface area contributed by atoms with Gasteiger partial charge in [-0.2, -0.15) is 0 Å². The number of carbonyl (C=O) groups is 1. The van der Waals surface area contributed by atoms with E-state index in [-0.39, 0.29) is 5.91 Å². The van der Waals surface area contributed by atoms with Gasteiger partial charge in [-0.1, -0.05) is 18.2 Å². The van der Waals surface area contributed by atoms with Gasteiger partial charge in [-0.25, -0.2) is 9.97 Å². The highest BCUT2D eigenvalue weighted by Crippen LogP contribution is 2.37. The number of nitrogens with zero attached hydrogens (tertiary/aromatic N) is 3. The van der Waals surface area contributed by atoms with Gasteiger partial charge in [0.15, 0.2) is 0 Å². The lowest BCUT2D eigenvalue weighted by molar-refractivity contribution is 0.102. The number of fused-ring (bicyclic) bond motifs is 1. The second kappa shape index (κ2) is 8.61. The van der Waals surface area contributed by atoms with Crippen LogP contribution in [-0.4, -0.2) is 37.1 Å². The number of methoxy groups -OCH3 is 2. The smallest absolute Gasteiger partial charge is 0.266 e. The Morgan fingerprint density at radius 2 is 1.84 bits per heavy atom. The molecule has 0 spiro atoms. The first-order valence-electron chi connectivity index (χ1n) is 9.59. The van der Waals surface area contributed by atoms with Crippen LogP contribution in [0.4, 0.5) is 17.2 Å². The predicted octanol–water partition coefficient (Wildman–Crippen LogP) is 5.04. The van der Waals surface area contributed by atoms with Gasteiger partial charge in [0.2, 0.25) is 0 Å². The number of aryl methyl sites for hydroxylation is 1. The Kier molecular flexibility index (Phi) is 5.73. The topological polar surface area (TPSA) is 76.6 Å². The monoisotopic (exact) mass is 434 g/mol. The summed E-state index contributed by atoms with van der Waals surface area (Å²) in [6, 6.07) is 15.2. The molecule has 31 heavy (non-hydrogen) atoms. The van der Waals surface area contributed by atoms with E-state index in [2.05, 4.69) is 15.3 Å². The van der Waals surface area contributed by atoms with E-state index in [1.807, 2.05) is 49.2 Å². The Balaban J connectivity index is 1.71. The Morgan fingerprint density at radius 1 is 1.06 bits per heavy atom. The molecule has 2 aromatic heterocycles. The van der Waals surface area contributed by atoms with Crippen molar-refractivity contribution in [2.75, 3.05) is 31.5 Å². The van der Waals surface area contributed by atoms with Crippen LogP contribution >= 0.6 is 11.3 Å². The lowest BCUT2D eigenvalue weighted by Gasteiger charge is -2.19. The van der Waals surface area contributed by atoms with E-state index in [1.54, 1.807) is 32.4 Å². The van der Waals surface area contributed by atoms with Gasteiger partial charge >= 0.3 is 0 Å². The van der Waals surface area contributed by atoms with Gasteiger partial charge in [-0.15, -0.1) is 11.3 Å². The van der Waals surface area contributed by atoms with Crippen molar-refractivity contribution in [1.82, 2.24) is 9.97 Å². The summed E-state index contributed by atoms with van der Waals surface area (Å²) in [7, 11) is 5.09. The van der Waals surface area contributed by atoms with Crippen LogP contribution in [-0.2, 0) is 0 Å². The normalized spacial score (nSPS) is 10.7. The zero-order chi connectivity index (χ0) is 22.0. The Labute approximate surface area is 184 Å². The highest BCUT2D eigenvalue weighted by Gasteiger charge is 2.22. The third-order valence-electron chi connectivity index (χ3n) is 5.03. The first-order chi connectivity index (χ1) is 15.0. The SMILES string of the molecule is COc1ccc(NC(=O)c2sc3ncnc(N(C)c4ccccc4)c3c2C)c(OC)c1. The maximum atomic E-state index is 13.1. The third kappa shape index (κ3) is 3.89. The number of nitrogens with one attached hydrogen (secondary N) is 1. The number of hydrogen-bond acceptors (Lipinski definition) is 7. The number of aromatic nitrogens is 2. The number of para-hydroxylation sites is 1. The molecule has 0 aliphatic rings. The van der Waals surface area contributed by atoms with Crippen LogP contribution in [0.3, 0.4) is 0 Å². The molecule has 0 saturated heterocycles. The van der Waals surface area contributed by atoms with E-state index < -0.39 is 0 Å². The van der Waals surface area contributed by atoms with Crippen LogP contribution in [0.2, 0.25) is 0 Å². The second-order valence-electron chi connectivity index (χ2n) is 6.85. The van der Waals surface area contributed by atoms with Gasteiger partial charge in [0.1, 0.15) is 28.5 Å². The predicted molar refractivity (Wildman–Crippen MR) is 124 cm³/mol. The lowest BCUT2D eigenvalue weighted by Crippen LogP contribution is -2.13. The molecule has 4 rings (SSSR count). The van der Waals surface area contributed by atoms with Crippen molar-refractivity contribution in [2.24, 2.45) is 0 Å². The van der Waals surface area contributed by atoms with Crippen molar-refractivity contribution in [3.8, 4) is 11.5 Å². The molecule has 0 bridgehead atoms. The van der Waals surface area contributed by atoms with E-state index in [4.69, 9.17) is 9.47 Å². The number of rotatable bonds is 6. The fraction of sp³-hybridized carbons (Fsp3) is 0.174. The van der Waals surface area contributed by atoms with Gasteiger partial charge in [-0.3, -0.25) is 4.79 Å². The van der Waals surface area contributed by atoms with Crippen LogP contribution in [0.1, 0.15) is 15.2 Å². The number of hydrogen-bond donors (Lipinski definition) is 1. The number of thiophene rings is 1. The summed E-state index contributed by atoms with van der Waals surface area (Å²) in [6.07, 6.45) is 1.53. The van der Waals surface area contributed by atoms with E-state index in [1.165, 1.54) is 17.7 Å². The van der Waals surface area contributed by atoms with Crippen LogP contribution in [0, 0.1) is 6.92 Å². The number of amides is 1. The molecular weight excluding hydrogens is 412 g/mol. The molecule has 8 heteroatoms. The van der Waals surface area contributed by atoms with Crippen LogP contribution < -0.4 is 19.7 Å². The van der Waals surface area contributed by atoms with Crippen molar-refractivity contribution in [1.29, 1.82) is 0 Å². The molecule has 2 heterocycles. The average molecular weight is 435 g/mol. The molecule has 0 aliphatic carbocycles. The fourth-order valence-corrected chi connectivity index (χ4v) is 4.42. The molecule has 0 saturated carbocycles. The van der Waals surface area contributed by atoms with Gasteiger partial charge in [0.05, 0.1) is 30.2 Å². The summed E-state index contributed by atoms with van der Waals surface area (Å²) in [5.74, 6) is 1.70. The summed E-state index contributed by atoms with van der Waals surface area (Å²) in [5.41, 5.74) is 2.41. The number of ether oxygens (including phenoxy) is 2. The van der Waals surface area contributed by atoms with Crippen molar-refractivity contribution in [2.45, 2.75) is 6.92 Å². The minimum atomic E-state index is -0.225. The number of carbonyl (C=O) groups excluding carboxylic acids is 1. The molecule has 0 unspecified atom stereocenters. The van der Waals surface area contributed by atoms with Gasteiger partial charge in [0, 0.05) is 18.8 Å². The quantitative estimate of drug-likeness (QED) is 0.458. The van der Waals surface area contributed by atoms with Crippen LogP contribution in [0.25, 0.3) is 10.2 Å². The van der Waals surface area contributed by atoms with Crippen molar-refractivity contribution in [3.05, 3.63) is 65.3 Å². The number of benzene rings is 2. The minimum absolute atomic E-state index is 0.225. The molecule has 0 radical (unpaired) electrons. The second-order valence-corrected chi connectivity index (χ2v) is 7.85. The Bertz CT molecular complexity index is 1240. The summed E-state index contributed by atoms with van der Waals surface area (Å²) < 4.78 is 10.6. The summed E-state index contributed by atoms with van der Waals surface area (Å²) in [5, 5.41) is 3.81. The number of anilines is 3. The first-order valence-corrected chi connectivity index (χ1v) is 10.4. The Morgan fingerprint density at radius 3 is 2.55 bits per heavy atom. The molecule has 4 aromatic rings. The largest absolute Gasteiger partial charge is 0.497 e. The summed E-state index contributed by atoms with van der Waals surface area (Å²) in [4.78, 5) is 25.4. The van der Waals surface area contributed by atoms with E-state index >= 15 is 0 Å². The standard InChI is InChI=1S/C23H22N4O3S/c1-14-19-21(27(2)15-8-6-5-7-9-15)24-13-25-23(19)31-20(14)22(28)26-17-11-10-16(29-3)12-18(17)30-4/h5-13H,1-4H3,(H,26,28). The molecule has 1 amide bonds. The highest BCUT2D eigenvalue weighted by molar-refractivity contribution is 7.20. The lowest BCUT2D eigenvalue weighted by atomic mass is 10.1. The first kappa shape index (κ1) is 20.6. The maximum absolute atomic E-state index is 13.1. The zero-order valence-electron chi connectivity index (χ0n) is 17.7. The molecule has 0 atom stereocenters. The molecule has 158 valence electrons. The minimum Gasteiger partial charge on any atom is -0.497 e. The molecule has 0 aliphatic heterocycles. The van der Waals surface area contributed by atoms with Gasteiger partial charge < -0.3 is 19.7 Å². The Hall–Kier alpha value is -3.65. The van der Waals surface area contributed by atoms with E-state index in [9.17, 15) is 4.79 Å². The van der Waals surface area contributed by atoms with E-state index in [0.717, 1.165) is 27.3 Å². The summed E-state index contributed by atoms with van der Waals surface area (Å²) in [6.45, 7) is 1.92. The van der Waals surface area contributed by atoms with Gasteiger partial charge in [0.25, 0.3) is 5.91 Å². The molecule has 1 N–H and O–H groups in total. The molecular formula is C23H22N4O3S. The van der Waals surface area contributed by atoms with Gasteiger partial charge in [-0.05, 0) is 36.8 Å². The maximum Gasteiger partial charge on any atom is 0.266 e. The van der Waals surface area contributed by atoms with Crippen molar-refractivity contribution >= 4 is 44.7 Å². The zero-order valence-corrected chi connectivity index (χ0v) is 18.5. The average Bonchev–Trinajstić information content (AvgIpc) is 3.16. The molecule has 0 fully saturated rings. The molecule has 2 aromatic carbocycles. The van der Waals surface area contributed by atoms with Crippen molar-refractivity contribution in [3.63, 3.8) is 0 Å². The van der Waals surface area contributed by atoms with Crippen molar-refractivity contribution < 1.29 is 14.3 Å². The highest BCUT2D eigenvalue weighted by atomic mass is 32.1. The fourth-order valence-electron chi connectivity index (χ4n) is 3.38. The van der Waals surface area contributed by atoms with E-state index in [0.29, 0.717) is 22.1 Å². The van der Waals surface area contributed by atoms with Crippen LogP contribution in [0.15, 0.2) is 54.9 Å². The summed E-state index contributed by atoms with van der Waals surface area (Å²) >= 11 is 1.34. The molecule has 7 nitrogen and oxygen atoms in total. The van der Waals surface area contributed by atoms with Crippen LogP contribution in [0.5, 0.6) is 11.5 Å².